The number of hydrogen-bond acceptors (Lipinski definition) is 3. The number of carbonyl (C=O) groups excluding carboxylic acids is 1. The summed E-state index contributed by atoms with van der Waals surface area (Å²) in [7, 11) is 0. The molecule has 0 spiro atoms. The molecule has 2 N–H and O–H groups in total. The molecule has 0 bridgehead atoms. The van der Waals surface area contributed by atoms with Crippen molar-refractivity contribution in [3.05, 3.63) is 0 Å². The van der Waals surface area contributed by atoms with Gasteiger partial charge in [-0.3, -0.25) is 4.79 Å². The summed E-state index contributed by atoms with van der Waals surface area (Å²) in [5.74, 6) is -1.02. The van der Waals surface area contributed by atoms with E-state index < -0.39 is 5.79 Å². The average Bonchev–Trinajstić information content (AvgIpc) is 2.69. The number of carbonyl (C=O) groups is 1. The van der Waals surface area contributed by atoms with Gasteiger partial charge in [0, 0.05) is 11.8 Å². The zero-order valence-electron chi connectivity index (χ0n) is 15.6. The molecule has 0 aromatic heterocycles. The molecule has 24 heavy (non-hydrogen) atoms. The van der Waals surface area contributed by atoms with E-state index in [1.54, 1.807) is 0 Å². The van der Waals surface area contributed by atoms with Gasteiger partial charge in [-0.15, -0.1) is 0 Å². The van der Waals surface area contributed by atoms with Gasteiger partial charge < -0.3 is 10.2 Å². The van der Waals surface area contributed by atoms with E-state index in [0.717, 1.165) is 18.8 Å². The normalized spacial score (nSPS) is 53.2. The molecular formula is C21H34O3. The molecule has 3 heteroatoms. The van der Waals surface area contributed by atoms with Crippen molar-refractivity contribution in [3.63, 3.8) is 0 Å². The lowest BCUT2D eigenvalue weighted by atomic mass is 9.45. The molecule has 4 rings (SSSR count). The molecule has 136 valence electrons. The summed E-state index contributed by atoms with van der Waals surface area (Å²) < 4.78 is 0. The Morgan fingerprint density at radius 1 is 1.00 bits per heavy atom. The molecule has 7 atom stereocenters. The van der Waals surface area contributed by atoms with Crippen LogP contribution < -0.4 is 0 Å². The van der Waals surface area contributed by atoms with E-state index in [1.165, 1.54) is 38.5 Å². The molecule has 4 aliphatic carbocycles. The highest BCUT2D eigenvalue weighted by molar-refractivity contribution is 5.92. The third-order valence-electron chi connectivity index (χ3n) is 9.13. The van der Waals surface area contributed by atoms with Gasteiger partial charge in [0.05, 0.1) is 0 Å². The molecule has 0 radical (unpaired) electrons. The van der Waals surface area contributed by atoms with Crippen molar-refractivity contribution in [2.75, 3.05) is 0 Å². The Labute approximate surface area is 146 Å². The van der Waals surface area contributed by atoms with E-state index in [0.29, 0.717) is 23.7 Å². The Balaban J connectivity index is 1.72. The van der Waals surface area contributed by atoms with Crippen molar-refractivity contribution in [1.29, 1.82) is 0 Å². The van der Waals surface area contributed by atoms with Crippen LogP contribution in [0.3, 0.4) is 0 Å². The molecule has 0 aliphatic heterocycles. The first kappa shape index (κ1) is 17.0. The van der Waals surface area contributed by atoms with Gasteiger partial charge in [-0.2, -0.15) is 0 Å². The second kappa shape index (κ2) is 5.30. The third-order valence-corrected chi connectivity index (χ3v) is 9.13. The van der Waals surface area contributed by atoms with Crippen LogP contribution in [0.2, 0.25) is 0 Å². The summed E-state index contributed by atoms with van der Waals surface area (Å²) in [6, 6.07) is 0. The largest absolute Gasteiger partial charge is 0.359 e. The number of ketones is 1. The molecular weight excluding hydrogens is 300 g/mol. The minimum Gasteiger partial charge on any atom is -0.359 e. The van der Waals surface area contributed by atoms with Gasteiger partial charge in [0.15, 0.2) is 5.78 Å². The van der Waals surface area contributed by atoms with Crippen molar-refractivity contribution in [1.82, 2.24) is 0 Å². The molecule has 4 aliphatic rings. The number of rotatable bonds is 1. The van der Waals surface area contributed by atoms with Crippen LogP contribution in [0.15, 0.2) is 0 Å². The molecule has 0 heterocycles. The first-order valence-corrected chi connectivity index (χ1v) is 10.3. The lowest BCUT2D eigenvalue weighted by molar-refractivity contribution is -0.199. The van der Waals surface area contributed by atoms with Gasteiger partial charge in [0.25, 0.3) is 0 Å². The molecule has 4 saturated carbocycles. The fraction of sp³-hybridized carbons (Fsp3) is 0.952. The third kappa shape index (κ3) is 1.95. The van der Waals surface area contributed by atoms with Crippen LogP contribution in [-0.2, 0) is 4.79 Å². The first-order valence-electron chi connectivity index (χ1n) is 10.3. The van der Waals surface area contributed by atoms with Crippen LogP contribution in [0, 0.1) is 40.4 Å². The molecule has 1 unspecified atom stereocenters. The minimum absolute atomic E-state index is 0.143. The summed E-state index contributed by atoms with van der Waals surface area (Å²) >= 11 is 0. The Kier molecular flexibility index (Phi) is 3.76. The van der Waals surface area contributed by atoms with Gasteiger partial charge in [-0.25, -0.2) is 0 Å². The standard InChI is InChI=1S/C21H34O3/c1-4-16-20(3)12-10-15-14(17(20)18(22)21(16,23)24)9-8-13-7-5-6-11-19(13,15)2/h13-17,23-24H,4-12H2,1-3H3/t13?,14-,15+,16-,17-,19+,20-/m1/s1. The number of fused-ring (bicyclic) bond motifs is 5. The Morgan fingerprint density at radius 2 is 1.75 bits per heavy atom. The lowest BCUT2D eigenvalue weighted by Crippen LogP contribution is -2.53. The molecule has 0 saturated heterocycles. The van der Waals surface area contributed by atoms with Gasteiger partial charge in [0.1, 0.15) is 0 Å². The predicted octanol–water partition coefficient (Wildman–Crippen LogP) is 3.92. The second-order valence-electron chi connectivity index (χ2n) is 9.87. The van der Waals surface area contributed by atoms with Crippen molar-refractivity contribution in [3.8, 4) is 0 Å². The van der Waals surface area contributed by atoms with Gasteiger partial charge in [-0.1, -0.05) is 33.6 Å². The van der Waals surface area contributed by atoms with Gasteiger partial charge in [0.2, 0.25) is 5.79 Å². The van der Waals surface area contributed by atoms with E-state index in [1.807, 2.05) is 6.92 Å². The van der Waals surface area contributed by atoms with Crippen LogP contribution in [0.4, 0.5) is 0 Å². The van der Waals surface area contributed by atoms with E-state index in [-0.39, 0.29) is 23.0 Å². The smallest absolute Gasteiger partial charge is 0.227 e. The quantitative estimate of drug-likeness (QED) is 0.715. The maximum atomic E-state index is 13.1. The number of Topliss-reactive ketones (excluding diaryl/α,β-unsaturated/α-hetero) is 1. The zero-order valence-corrected chi connectivity index (χ0v) is 15.6. The van der Waals surface area contributed by atoms with E-state index in [9.17, 15) is 15.0 Å². The maximum absolute atomic E-state index is 13.1. The fourth-order valence-electron chi connectivity index (χ4n) is 8.03. The van der Waals surface area contributed by atoms with E-state index >= 15 is 0 Å². The lowest BCUT2D eigenvalue weighted by Gasteiger charge is -2.59. The Hall–Kier alpha value is -0.410. The van der Waals surface area contributed by atoms with Crippen molar-refractivity contribution in [2.24, 2.45) is 40.4 Å². The van der Waals surface area contributed by atoms with Crippen molar-refractivity contribution < 1.29 is 15.0 Å². The molecule has 0 aromatic carbocycles. The summed E-state index contributed by atoms with van der Waals surface area (Å²) in [6.45, 7) is 6.65. The molecule has 4 fully saturated rings. The van der Waals surface area contributed by atoms with Crippen LogP contribution in [0.5, 0.6) is 0 Å². The molecule has 0 amide bonds. The van der Waals surface area contributed by atoms with E-state index in [4.69, 9.17) is 0 Å². The highest BCUT2D eigenvalue weighted by atomic mass is 16.5. The van der Waals surface area contributed by atoms with Crippen molar-refractivity contribution in [2.45, 2.75) is 84.3 Å². The Bertz CT molecular complexity index is 541. The van der Waals surface area contributed by atoms with E-state index in [2.05, 4.69) is 13.8 Å². The number of hydrogen-bond donors (Lipinski definition) is 2. The first-order chi connectivity index (χ1) is 11.3. The second-order valence-corrected chi connectivity index (χ2v) is 9.87. The summed E-state index contributed by atoms with van der Waals surface area (Å²) in [6.07, 6.45) is 10.5. The maximum Gasteiger partial charge on any atom is 0.227 e. The highest BCUT2D eigenvalue weighted by Gasteiger charge is 2.69. The highest BCUT2D eigenvalue weighted by Crippen LogP contribution is 2.68. The summed E-state index contributed by atoms with van der Waals surface area (Å²) in [5, 5.41) is 21.2. The molecule has 0 aromatic rings. The number of aliphatic hydroxyl groups is 2. The average molecular weight is 335 g/mol. The van der Waals surface area contributed by atoms with Crippen LogP contribution in [0.25, 0.3) is 0 Å². The summed E-state index contributed by atoms with van der Waals surface area (Å²) in [5.41, 5.74) is 0.148. The minimum atomic E-state index is -2.10. The topological polar surface area (TPSA) is 57.5 Å². The Morgan fingerprint density at radius 3 is 2.46 bits per heavy atom. The monoisotopic (exact) mass is 334 g/mol. The summed E-state index contributed by atoms with van der Waals surface area (Å²) in [4.78, 5) is 13.1. The molecule has 3 nitrogen and oxygen atoms in total. The predicted molar refractivity (Wildman–Crippen MR) is 93.1 cm³/mol. The SMILES string of the molecule is CC[C@H]1C(O)(O)C(=O)[C@H]2[C@@H]3CCC4CCCC[C@]4(C)[C@H]3CC[C@@]21C. The fourth-order valence-corrected chi connectivity index (χ4v) is 8.03. The zero-order chi connectivity index (χ0) is 17.3. The van der Waals surface area contributed by atoms with Crippen molar-refractivity contribution >= 4 is 5.78 Å². The van der Waals surface area contributed by atoms with Gasteiger partial charge >= 0.3 is 0 Å². The van der Waals surface area contributed by atoms with Crippen LogP contribution in [-0.4, -0.2) is 21.8 Å². The van der Waals surface area contributed by atoms with Crippen LogP contribution >= 0.6 is 0 Å². The van der Waals surface area contributed by atoms with Gasteiger partial charge in [-0.05, 0) is 73.5 Å². The van der Waals surface area contributed by atoms with Crippen LogP contribution in [0.1, 0.15) is 78.6 Å².